The molecule has 0 unspecified atom stereocenters. The zero-order chi connectivity index (χ0) is 19.2. The van der Waals surface area contributed by atoms with Crippen molar-refractivity contribution in [1.82, 2.24) is 19.7 Å². The number of thioether (sulfide) groups is 1. The van der Waals surface area contributed by atoms with Crippen molar-refractivity contribution in [2.75, 3.05) is 5.75 Å². The molecule has 6 heteroatoms. The Hall–Kier alpha value is -3.25. The van der Waals surface area contributed by atoms with Gasteiger partial charge in [-0.1, -0.05) is 72.4 Å². The van der Waals surface area contributed by atoms with Crippen LogP contribution in [0.3, 0.4) is 0 Å². The van der Waals surface area contributed by atoms with Crippen LogP contribution in [0.2, 0.25) is 0 Å². The summed E-state index contributed by atoms with van der Waals surface area (Å²) in [6.07, 6.45) is 3.48. The molecule has 0 atom stereocenters. The second-order valence-electron chi connectivity index (χ2n) is 6.19. The summed E-state index contributed by atoms with van der Waals surface area (Å²) < 4.78 is 2.05. The number of hydrogen-bond acceptors (Lipinski definition) is 5. The van der Waals surface area contributed by atoms with Gasteiger partial charge >= 0.3 is 0 Å². The molecule has 2 aromatic carbocycles. The SMILES string of the molecule is O=C(CSc1nnc(-c2ccncc2)n1Cc1ccccc1)c1ccccc1. The lowest BCUT2D eigenvalue weighted by molar-refractivity contribution is 0.102. The maximum atomic E-state index is 12.5. The highest BCUT2D eigenvalue weighted by Gasteiger charge is 2.16. The van der Waals surface area contributed by atoms with Crippen LogP contribution >= 0.6 is 11.8 Å². The number of rotatable bonds is 7. The average molecular weight is 386 g/mol. The molecule has 0 saturated carbocycles. The first kappa shape index (κ1) is 18.1. The number of carbonyl (C=O) groups is 1. The van der Waals surface area contributed by atoms with E-state index >= 15 is 0 Å². The zero-order valence-corrected chi connectivity index (χ0v) is 15.9. The molecule has 2 heterocycles. The highest BCUT2D eigenvalue weighted by Crippen LogP contribution is 2.25. The number of pyridine rings is 1. The second kappa shape index (κ2) is 8.63. The van der Waals surface area contributed by atoms with Gasteiger partial charge in [0.05, 0.1) is 12.3 Å². The van der Waals surface area contributed by atoms with Gasteiger partial charge in [0.2, 0.25) is 0 Å². The summed E-state index contributed by atoms with van der Waals surface area (Å²) in [5, 5.41) is 9.47. The van der Waals surface area contributed by atoms with Crippen LogP contribution in [0.15, 0.2) is 90.3 Å². The van der Waals surface area contributed by atoms with Crippen molar-refractivity contribution in [3.05, 3.63) is 96.3 Å². The Morgan fingerprint density at radius 1 is 0.857 bits per heavy atom. The number of benzene rings is 2. The van der Waals surface area contributed by atoms with Crippen molar-refractivity contribution in [3.8, 4) is 11.4 Å². The normalized spacial score (nSPS) is 10.7. The molecule has 0 N–H and O–H groups in total. The minimum absolute atomic E-state index is 0.0744. The summed E-state index contributed by atoms with van der Waals surface area (Å²) in [5.41, 5.74) is 2.80. The van der Waals surface area contributed by atoms with Gasteiger partial charge in [0.25, 0.3) is 0 Å². The summed E-state index contributed by atoms with van der Waals surface area (Å²) in [4.78, 5) is 16.6. The van der Waals surface area contributed by atoms with Crippen molar-refractivity contribution < 1.29 is 4.79 Å². The Kier molecular flexibility index (Phi) is 5.58. The maximum absolute atomic E-state index is 12.5. The van der Waals surface area contributed by atoms with Crippen LogP contribution in [0.1, 0.15) is 15.9 Å². The number of hydrogen-bond donors (Lipinski definition) is 0. The van der Waals surface area contributed by atoms with E-state index in [0.29, 0.717) is 17.9 Å². The number of carbonyl (C=O) groups excluding carboxylic acids is 1. The Balaban J connectivity index is 1.61. The van der Waals surface area contributed by atoms with Crippen molar-refractivity contribution in [2.45, 2.75) is 11.7 Å². The van der Waals surface area contributed by atoms with Gasteiger partial charge in [0.15, 0.2) is 16.8 Å². The molecular formula is C22H18N4OS. The van der Waals surface area contributed by atoms with Crippen LogP contribution < -0.4 is 0 Å². The Labute approximate surface area is 167 Å². The third kappa shape index (κ3) is 4.18. The molecule has 0 spiro atoms. The topological polar surface area (TPSA) is 60.7 Å². The van der Waals surface area contributed by atoms with E-state index < -0.39 is 0 Å². The van der Waals surface area contributed by atoms with Gasteiger partial charge in [0, 0.05) is 23.5 Å². The Bertz CT molecular complexity index is 1050. The van der Waals surface area contributed by atoms with E-state index in [1.165, 1.54) is 11.8 Å². The Morgan fingerprint density at radius 3 is 2.25 bits per heavy atom. The molecule has 0 amide bonds. The van der Waals surface area contributed by atoms with Gasteiger partial charge in [0.1, 0.15) is 0 Å². The maximum Gasteiger partial charge on any atom is 0.192 e. The molecule has 4 aromatic rings. The molecule has 0 saturated heterocycles. The van der Waals surface area contributed by atoms with E-state index in [9.17, 15) is 4.79 Å². The summed E-state index contributed by atoms with van der Waals surface area (Å²) in [7, 11) is 0. The first-order valence-corrected chi connectivity index (χ1v) is 9.88. The minimum atomic E-state index is 0.0744. The molecule has 0 aliphatic carbocycles. The van der Waals surface area contributed by atoms with Crippen LogP contribution in [0.5, 0.6) is 0 Å². The highest BCUT2D eigenvalue weighted by atomic mass is 32.2. The van der Waals surface area contributed by atoms with Crippen LogP contribution in [0.4, 0.5) is 0 Å². The molecule has 5 nitrogen and oxygen atoms in total. The van der Waals surface area contributed by atoms with Gasteiger partial charge in [-0.15, -0.1) is 10.2 Å². The third-order valence-corrected chi connectivity index (χ3v) is 5.23. The molecule has 0 fully saturated rings. The van der Waals surface area contributed by atoms with Crippen molar-refractivity contribution in [3.63, 3.8) is 0 Å². The summed E-state index contributed by atoms with van der Waals surface area (Å²) in [6, 6.07) is 23.3. The van der Waals surface area contributed by atoms with Gasteiger partial charge in [-0.05, 0) is 17.7 Å². The average Bonchev–Trinajstić information content (AvgIpc) is 3.16. The summed E-state index contributed by atoms with van der Waals surface area (Å²) in [6.45, 7) is 0.632. The smallest absolute Gasteiger partial charge is 0.192 e. The molecule has 28 heavy (non-hydrogen) atoms. The fourth-order valence-corrected chi connectivity index (χ4v) is 3.69. The fraction of sp³-hybridized carbons (Fsp3) is 0.0909. The first-order chi connectivity index (χ1) is 13.8. The molecule has 4 rings (SSSR count). The monoisotopic (exact) mass is 386 g/mol. The minimum Gasteiger partial charge on any atom is -0.298 e. The second-order valence-corrected chi connectivity index (χ2v) is 7.13. The van der Waals surface area contributed by atoms with Gasteiger partial charge < -0.3 is 0 Å². The fourth-order valence-electron chi connectivity index (χ4n) is 2.86. The van der Waals surface area contributed by atoms with Gasteiger partial charge in [-0.3, -0.25) is 14.3 Å². The molecule has 0 radical (unpaired) electrons. The molecular weight excluding hydrogens is 368 g/mol. The van der Waals surface area contributed by atoms with E-state index in [4.69, 9.17) is 0 Å². The van der Waals surface area contributed by atoms with E-state index in [0.717, 1.165) is 22.1 Å². The number of nitrogens with zero attached hydrogens (tertiary/aromatic N) is 4. The lowest BCUT2D eigenvalue weighted by Gasteiger charge is -2.10. The molecule has 0 aliphatic rings. The zero-order valence-electron chi connectivity index (χ0n) is 15.1. The lowest BCUT2D eigenvalue weighted by Crippen LogP contribution is -2.07. The van der Waals surface area contributed by atoms with Crippen LogP contribution in [-0.4, -0.2) is 31.3 Å². The van der Waals surface area contributed by atoms with E-state index in [1.54, 1.807) is 12.4 Å². The standard InChI is InChI=1S/C22H18N4OS/c27-20(18-9-5-2-6-10-18)16-28-22-25-24-21(19-11-13-23-14-12-19)26(22)15-17-7-3-1-4-8-17/h1-14H,15-16H2. The predicted octanol–water partition coefficient (Wildman–Crippen LogP) is 4.36. The molecule has 0 bridgehead atoms. The van der Waals surface area contributed by atoms with Crippen molar-refractivity contribution >= 4 is 17.5 Å². The third-order valence-electron chi connectivity index (χ3n) is 4.27. The summed E-state index contributed by atoms with van der Waals surface area (Å²) >= 11 is 1.41. The van der Waals surface area contributed by atoms with Crippen LogP contribution in [0, 0.1) is 0 Å². The Morgan fingerprint density at radius 2 is 1.54 bits per heavy atom. The first-order valence-electron chi connectivity index (χ1n) is 8.90. The largest absolute Gasteiger partial charge is 0.298 e. The quantitative estimate of drug-likeness (QED) is 0.349. The summed E-state index contributed by atoms with van der Waals surface area (Å²) in [5.74, 6) is 1.15. The number of Topliss-reactive ketones (excluding diaryl/α,β-unsaturated/α-hetero) is 1. The van der Waals surface area contributed by atoms with Crippen molar-refractivity contribution in [1.29, 1.82) is 0 Å². The number of aromatic nitrogens is 4. The van der Waals surface area contributed by atoms with E-state index in [-0.39, 0.29) is 5.78 Å². The molecule has 0 aliphatic heterocycles. The van der Waals surface area contributed by atoms with Gasteiger partial charge in [-0.25, -0.2) is 0 Å². The predicted molar refractivity (Wildman–Crippen MR) is 110 cm³/mol. The van der Waals surface area contributed by atoms with Crippen molar-refractivity contribution in [2.24, 2.45) is 0 Å². The van der Waals surface area contributed by atoms with Crippen LogP contribution in [-0.2, 0) is 6.54 Å². The molecule has 2 aromatic heterocycles. The van der Waals surface area contributed by atoms with Crippen LogP contribution in [0.25, 0.3) is 11.4 Å². The highest BCUT2D eigenvalue weighted by molar-refractivity contribution is 7.99. The van der Waals surface area contributed by atoms with E-state index in [2.05, 4.69) is 27.3 Å². The lowest BCUT2D eigenvalue weighted by atomic mass is 10.2. The molecule has 138 valence electrons. The van der Waals surface area contributed by atoms with Gasteiger partial charge in [-0.2, -0.15) is 0 Å². The van der Waals surface area contributed by atoms with E-state index in [1.807, 2.05) is 65.2 Å². The number of ketones is 1.